The Morgan fingerprint density at radius 1 is 0.889 bits per heavy atom. The van der Waals surface area contributed by atoms with Crippen LogP contribution in [0.3, 0.4) is 0 Å². The lowest BCUT2D eigenvalue weighted by atomic mass is 9.68. The molecule has 0 spiro atoms. The summed E-state index contributed by atoms with van der Waals surface area (Å²) in [6, 6.07) is 2.30. The van der Waals surface area contributed by atoms with Gasteiger partial charge in [0.2, 0.25) is 0 Å². The first-order chi connectivity index (χ1) is 13.0. The molecule has 0 heterocycles. The Morgan fingerprint density at radius 2 is 1.41 bits per heavy atom. The number of alkyl halides is 2. The smallest absolute Gasteiger partial charge is 0.387 e. The van der Waals surface area contributed by atoms with E-state index >= 15 is 0 Å². The predicted octanol–water partition coefficient (Wildman–Crippen LogP) is 7.40. The van der Waals surface area contributed by atoms with Crippen LogP contribution in [-0.2, 0) is 0 Å². The van der Waals surface area contributed by atoms with Gasteiger partial charge >= 0.3 is 6.61 Å². The molecule has 1 nitrogen and oxygen atoms in total. The molecule has 2 saturated carbocycles. The van der Waals surface area contributed by atoms with Gasteiger partial charge in [-0.25, -0.2) is 8.78 Å². The van der Waals surface area contributed by atoms with Crippen molar-refractivity contribution >= 4 is 11.6 Å². The van der Waals surface area contributed by atoms with Crippen molar-refractivity contribution in [1.29, 1.82) is 0 Å². The zero-order valence-electron chi connectivity index (χ0n) is 15.2. The number of hydrogen-bond donors (Lipinski definition) is 0. The number of halogens is 5. The topological polar surface area (TPSA) is 9.23 Å². The first kappa shape index (κ1) is 20.5. The Balaban J connectivity index is 1.56. The summed E-state index contributed by atoms with van der Waals surface area (Å²) >= 11 is 5.67. The fraction of sp³-hybridized carbons (Fsp3) is 0.619. The minimum atomic E-state index is -3.25. The first-order valence-electron chi connectivity index (χ1n) is 9.68. The molecule has 0 amide bonds. The minimum absolute atomic E-state index is 0.0707. The summed E-state index contributed by atoms with van der Waals surface area (Å²) in [6.07, 6.45) is 10.7. The van der Waals surface area contributed by atoms with Crippen LogP contribution in [-0.4, -0.2) is 6.61 Å². The van der Waals surface area contributed by atoms with Crippen LogP contribution in [0, 0.1) is 29.4 Å². The van der Waals surface area contributed by atoms with Gasteiger partial charge in [0, 0.05) is 5.54 Å². The van der Waals surface area contributed by atoms with E-state index in [1.54, 1.807) is 5.54 Å². The van der Waals surface area contributed by atoms with Crippen molar-refractivity contribution in [3.63, 3.8) is 0 Å². The van der Waals surface area contributed by atoms with E-state index in [-0.39, 0.29) is 5.92 Å². The normalized spacial score (nSPS) is 29.4. The van der Waals surface area contributed by atoms with Crippen LogP contribution in [0.25, 0.3) is 0 Å². The minimum Gasteiger partial charge on any atom is -0.429 e. The summed E-state index contributed by atoms with van der Waals surface area (Å²) in [5.74, 6) is -1.06. The maximum Gasteiger partial charge on any atom is 0.387 e. The van der Waals surface area contributed by atoms with Crippen LogP contribution >= 0.6 is 11.6 Å². The molecule has 1 aromatic rings. The highest BCUT2D eigenvalue weighted by Crippen LogP contribution is 2.44. The Hall–Kier alpha value is -1.23. The fourth-order valence-electron chi connectivity index (χ4n) is 4.85. The van der Waals surface area contributed by atoms with Crippen molar-refractivity contribution in [2.75, 3.05) is 0 Å². The maximum atomic E-state index is 14.0. The van der Waals surface area contributed by atoms with Gasteiger partial charge in [-0.2, -0.15) is 8.78 Å². The van der Waals surface area contributed by atoms with E-state index in [0.29, 0.717) is 17.4 Å². The molecular weight excluding hydrogens is 380 g/mol. The van der Waals surface area contributed by atoms with Crippen molar-refractivity contribution in [2.24, 2.45) is 17.8 Å². The van der Waals surface area contributed by atoms with Crippen LogP contribution in [0.15, 0.2) is 23.7 Å². The third-order valence-corrected chi connectivity index (χ3v) is 6.44. The summed E-state index contributed by atoms with van der Waals surface area (Å²) in [5, 5.41) is 0. The number of allylic oxidation sites excluding steroid dienone is 1. The third kappa shape index (κ3) is 5.18. The molecule has 2 aliphatic carbocycles. The van der Waals surface area contributed by atoms with Gasteiger partial charge in [-0.1, -0.05) is 17.7 Å². The van der Waals surface area contributed by atoms with Crippen LogP contribution in [0.4, 0.5) is 17.6 Å². The summed E-state index contributed by atoms with van der Waals surface area (Å²) in [4.78, 5) is 0. The molecule has 1 aromatic carbocycles. The van der Waals surface area contributed by atoms with Gasteiger partial charge in [-0.15, -0.1) is 0 Å². The number of ether oxygens (including phenoxy) is 1. The number of benzene rings is 1. The molecule has 0 radical (unpaired) electrons. The molecule has 2 aliphatic rings. The van der Waals surface area contributed by atoms with Gasteiger partial charge in [-0.05, 0) is 92.7 Å². The Morgan fingerprint density at radius 3 is 1.89 bits per heavy atom. The zero-order chi connectivity index (χ0) is 19.4. The van der Waals surface area contributed by atoms with Gasteiger partial charge in [0.25, 0.3) is 0 Å². The average molecular weight is 405 g/mol. The average Bonchev–Trinajstić information content (AvgIpc) is 2.65. The lowest BCUT2D eigenvalue weighted by Crippen LogP contribution is -2.25. The molecular formula is C21H25ClF4O. The fourth-order valence-corrected chi connectivity index (χ4v) is 5.06. The monoisotopic (exact) mass is 404 g/mol. The number of rotatable bonds is 5. The molecule has 150 valence electrons. The van der Waals surface area contributed by atoms with Crippen LogP contribution in [0.5, 0.6) is 5.75 Å². The first-order valence-corrected chi connectivity index (χ1v) is 10.1. The quantitative estimate of drug-likeness (QED) is 0.464. The lowest BCUT2D eigenvalue weighted by molar-refractivity contribution is -0.0546. The highest BCUT2D eigenvalue weighted by Gasteiger charge is 2.31. The summed E-state index contributed by atoms with van der Waals surface area (Å²) in [6.45, 7) is -3.25. The Kier molecular flexibility index (Phi) is 7.07. The lowest BCUT2D eigenvalue weighted by Gasteiger charge is -2.37. The van der Waals surface area contributed by atoms with Crippen molar-refractivity contribution < 1.29 is 22.3 Å². The van der Waals surface area contributed by atoms with Crippen LogP contribution in [0.1, 0.15) is 62.8 Å². The summed E-state index contributed by atoms with van der Waals surface area (Å²) in [7, 11) is 0. The van der Waals surface area contributed by atoms with Gasteiger partial charge < -0.3 is 4.74 Å². The third-order valence-electron chi connectivity index (χ3n) is 6.30. The Labute approximate surface area is 162 Å². The molecule has 27 heavy (non-hydrogen) atoms. The summed E-state index contributed by atoms with van der Waals surface area (Å²) < 4.78 is 56.4. The standard InChI is InChI=1S/C21H25ClF4O/c22-10-9-13-1-3-14(4-2-13)15-5-7-16(8-6-15)17-11-18(23)20(19(24)12-17)27-21(25)26/h9-16,21H,1-8H2/b10-9+/t13-,14-,15?,16?. The van der Waals surface area contributed by atoms with E-state index in [1.807, 2.05) is 0 Å². The van der Waals surface area contributed by atoms with Crippen LogP contribution < -0.4 is 4.74 Å². The van der Waals surface area contributed by atoms with Crippen LogP contribution in [0.2, 0.25) is 0 Å². The molecule has 0 aliphatic heterocycles. The molecule has 0 aromatic heterocycles. The SMILES string of the molecule is Fc1cc(C2CCC([C@H]3CC[C@H](/C=C/Cl)CC3)CC2)cc(F)c1OC(F)F. The van der Waals surface area contributed by atoms with E-state index < -0.39 is 24.0 Å². The second-order valence-corrected chi connectivity index (χ2v) is 8.05. The molecule has 0 unspecified atom stereocenters. The predicted molar refractivity (Wildman–Crippen MR) is 98.1 cm³/mol. The van der Waals surface area contributed by atoms with E-state index in [1.165, 1.54) is 25.7 Å². The van der Waals surface area contributed by atoms with E-state index in [2.05, 4.69) is 10.8 Å². The van der Waals surface area contributed by atoms with Crippen molar-refractivity contribution in [3.8, 4) is 5.75 Å². The molecule has 2 fully saturated rings. The van der Waals surface area contributed by atoms with Crippen molar-refractivity contribution in [1.82, 2.24) is 0 Å². The second-order valence-electron chi connectivity index (χ2n) is 7.80. The second kappa shape index (κ2) is 9.31. The van der Waals surface area contributed by atoms with E-state index in [4.69, 9.17) is 11.6 Å². The Bertz CT molecular complexity index is 625. The van der Waals surface area contributed by atoms with Crippen molar-refractivity contribution in [2.45, 2.75) is 63.9 Å². The van der Waals surface area contributed by atoms with E-state index in [0.717, 1.165) is 43.7 Å². The highest BCUT2D eigenvalue weighted by atomic mass is 35.5. The summed E-state index contributed by atoms with van der Waals surface area (Å²) in [5.41, 5.74) is 2.16. The molecule has 6 heteroatoms. The van der Waals surface area contributed by atoms with Crippen molar-refractivity contribution in [3.05, 3.63) is 40.9 Å². The molecule has 0 atom stereocenters. The maximum absolute atomic E-state index is 14.0. The van der Waals surface area contributed by atoms with E-state index in [9.17, 15) is 17.6 Å². The largest absolute Gasteiger partial charge is 0.429 e. The number of hydrogen-bond acceptors (Lipinski definition) is 1. The molecule has 3 rings (SSSR count). The zero-order valence-corrected chi connectivity index (χ0v) is 15.9. The van der Waals surface area contributed by atoms with Gasteiger partial charge in [0.05, 0.1) is 0 Å². The molecule has 0 saturated heterocycles. The van der Waals surface area contributed by atoms with Gasteiger partial charge in [0.15, 0.2) is 17.4 Å². The van der Waals surface area contributed by atoms with Gasteiger partial charge in [0.1, 0.15) is 0 Å². The molecule has 0 bridgehead atoms. The van der Waals surface area contributed by atoms with Gasteiger partial charge in [-0.3, -0.25) is 0 Å². The molecule has 0 N–H and O–H groups in total. The highest BCUT2D eigenvalue weighted by molar-refractivity contribution is 6.25.